The van der Waals surface area contributed by atoms with Gasteiger partial charge in [0.05, 0.1) is 12.1 Å². The Morgan fingerprint density at radius 3 is 2.52 bits per heavy atom. The highest BCUT2D eigenvalue weighted by Gasteiger charge is 2.19. The van der Waals surface area contributed by atoms with Gasteiger partial charge in [-0.15, -0.1) is 0 Å². The summed E-state index contributed by atoms with van der Waals surface area (Å²) in [5, 5.41) is 3.11. The second kappa shape index (κ2) is 7.88. The van der Waals surface area contributed by atoms with E-state index in [-0.39, 0.29) is 11.8 Å². The number of ether oxygens (including phenoxy) is 1. The van der Waals surface area contributed by atoms with Gasteiger partial charge in [-0.05, 0) is 23.6 Å². The van der Waals surface area contributed by atoms with Crippen molar-refractivity contribution >= 4 is 23.4 Å². The number of rotatable bonds is 7. The Labute approximate surface area is 129 Å². The fourth-order valence-electron chi connectivity index (χ4n) is 1.92. The van der Waals surface area contributed by atoms with Gasteiger partial charge in [0.15, 0.2) is 0 Å². The number of carbonyl (C=O) groups excluding carboxylic acids is 2. The van der Waals surface area contributed by atoms with Crippen molar-refractivity contribution in [3.63, 3.8) is 0 Å². The molecule has 116 valence electrons. The van der Waals surface area contributed by atoms with Gasteiger partial charge in [0.1, 0.15) is 11.8 Å². The van der Waals surface area contributed by atoms with E-state index < -0.39 is 11.9 Å². The smallest absolute Gasteiger partial charge is 0.240 e. The third kappa shape index (κ3) is 5.63. The fourth-order valence-corrected chi connectivity index (χ4v) is 2.20. The summed E-state index contributed by atoms with van der Waals surface area (Å²) in [4.78, 5) is 23.2. The molecule has 0 bridgehead atoms. The standard InChI is InChI=1S/C15H21ClN2O3/c1-9(2)6-14(19)18-12(15(17)20)8-10-4-5-13(21-3)11(16)7-10/h4-5,7,9,12H,6,8H2,1-3H3,(H2,17,20)(H,18,19)/t12-/m1/s1. The maximum absolute atomic E-state index is 11.8. The first-order chi connectivity index (χ1) is 9.83. The molecule has 0 aliphatic rings. The number of primary amides is 1. The third-order valence-corrected chi connectivity index (χ3v) is 3.22. The lowest BCUT2D eigenvalue weighted by Gasteiger charge is -2.17. The first-order valence-corrected chi connectivity index (χ1v) is 7.12. The van der Waals surface area contributed by atoms with Crippen LogP contribution in [0.3, 0.4) is 0 Å². The van der Waals surface area contributed by atoms with Crippen LogP contribution in [-0.2, 0) is 16.0 Å². The molecule has 0 unspecified atom stereocenters. The van der Waals surface area contributed by atoms with Crippen LogP contribution < -0.4 is 15.8 Å². The Hall–Kier alpha value is -1.75. The molecule has 0 radical (unpaired) electrons. The molecule has 1 aromatic rings. The first kappa shape index (κ1) is 17.3. The van der Waals surface area contributed by atoms with Crippen molar-refractivity contribution < 1.29 is 14.3 Å². The Balaban J connectivity index is 2.77. The number of nitrogens with one attached hydrogen (secondary N) is 1. The van der Waals surface area contributed by atoms with Gasteiger partial charge in [0, 0.05) is 12.8 Å². The highest BCUT2D eigenvalue weighted by Crippen LogP contribution is 2.25. The molecule has 2 amide bonds. The summed E-state index contributed by atoms with van der Waals surface area (Å²) >= 11 is 6.04. The van der Waals surface area contributed by atoms with Gasteiger partial charge in [-0.2, -0.15) is 0 Å². The monoisotopic (exact) mass is 312 g/mol. The van der Waals surface area contributed by atoms with Gasteiger partial charge >= 0.3 is 0 Å². The second-order valence-electron chi connectivity index (χ2n) is 5.29. The van der Waals surface area contributed by atoms with Crippen LogP contribution in [0.4, 0.5) is 0 Å². The molecule has 0 aliphatic carbocycles. The number of halogens is 1. The molecule has 0 spiro atoms. The molecule has 5 nitrogen and oxygen atoms in total. The highest BCUT2D eigenvalue weighted by atomic mass is 35.5. The number of hydrogen-bond acceptors (Lipinski definition) is 3. The van der Waals surface area contributed by atoms with Crippen molar-refractivity contribution in [2.45, 2.75) is 32.7 Å². The maximum Gasteiger partial charge on any atom is 0.240 e. The van der Waals surface area contributed by atoms with Crippen LogP contribution in [0, 0.1) is 5.92 Å². The topological polar surface area (TPSA) is 81.4 Å². The van der Waals surface area contributed by atoms with E-state index in [4.69, 9.17) is 22.1 Å². The van der Waals surface area contributed by atoms with Crippen molar-refractivity contribution in [1.29, 1.82) is 0 Å². The average molecular weight is 313 g/mol. The van der Waals surface area contributed by atoms with Crippen LogP contribution in [0.15, 0.2) is 18.2 Å². The summed E-state index contributed by atoms with van der Waals surface area (Å²) in [6.07, 6.45) is 0.649. The van der Waals surface area contributed by atoms with E-state index in [0.717, 1.165) is 5.56 Å². The molecule has 0 aliphatic heterocycles. The normalized spacial score (nSPS) is 12.0. The molecule has 1 atom stereocenters. The number of carbonyl (C=O) groups is 2. The van der Waals surface area contributed by atoms with E-state index in [0.29, 0.717) is 23.6 Å². The zero-order chi connectivity index (χ0) is 16.0. The molecule has 3 N–H and O–H groups in total. The summed E-state index contributed by atoms with van der Waals surface area (Å²) in [7, 11) is 1.53. The number of hydrogen-bond donors (Lipinski definition) is 2. The largest absolute Gasteiger partial charge is 0.495 e. The quantitative estimate of drug-likeness (QED) is 0.807. The molecular weight excluding hydrogens is 292 g/mol. The van der Waals surface area contributed by atoms with Crippen molar-refractivity contribution in [3.8, 4) is 5.75 Å². The number of methoxy groups -OCH3 is 1. The van der Waals surface area contributed by atoms with Gasteiger partial charge in [-0.3, -0.25) is 9.59 Å². The van der Waals surface area contributed by atoms with Gasteiger partial charge in [-0.25, -0.2) is 0 Å². The summed E-state index contributed by atoms with van der Waals surface area (Å²) in [5.74, 6) is 0.0151. The van der Waals surface area contributed by atoms with Crippen LogP contribution in [0.1, 0.15) is 25.8 Å². The van der Waals surface area contributed by atoms with Crippen LogP contribution in [-0.4, -0.2) is 25.0 Å². The molecule has 0 aromatic heterocycles. The fraction of sp³-hybridized carbons (Fsp3) is 0.467. The molecule has 0 saturated carbocycles. The van der Waals surface area contributed by atoms with Gasteiger partial charge in [-0.1, -0.05) is 31.5 Å². The lowest BCUT2D eigenvalue weighted by Crippen LogP contribution is -2.46. The van der Waals surface area contributed by atoms with Crippen LogP contribution in [0.5, 0.6) is 5.75 Å². The number of amides is 2. The predicted molar refractivity (Wildman–Crippen MR) is 82.3 cm³/mol. The van der Waals surface area contributed by atoms with Crippen molar-refractivity contribution in [1.82, 2.24) is 5.32 Å². The van der Waals surface area contributed by atoms with Gasteiger partial charge < -0.3 is 15.8 Å². The maximum atomic E-state index is 11.8. The number of benzene rings is 1. The minimum Gasteiger partial charge on any atom is -0.495 e. The third-order valence-electron chi connectivity index (χ3n) is 2.93. The zero-order valence-corrected chi connectivity index (χ0v) is 13.2. The minimum absolute atomic E-state index is 0.187. The van der Waals surface area contributed by atoms with Crippen molar-refractivity contribution in [2.24, 2.45) is 11.7 Å². The lowest BCUT2D eigenvalue weighted by atomic mass is 10.0. The Morgan fingerprint density at radius 2 is 2.05 bits per heavy atom. The molecular formula is C15H21ClN2O3. The Bertz CT molecular complexity index is 518. The summed E-state index contributed by atoms with van der Waals surface area (Å²) in [6, 6.07) is 4.45. The SMILES string of the molecule is COc1ccc(C[C@@H](NC(=O)CC(C)C)C(N)=O)cc1Cl. The first-order valence-electron chi connectivity index (χ1n) is 6.74. The molecule has 0 saturated heterocycles. The zero-order valence-electron chi connectivity index (χ0n) is 12.5. The summed E-state index contributed by atoms with van der Waals surface area (Å²) in [6.45, 7) is 3.87. The molecule has 1 rings (SSSR count). The predicted octanol–water partition coefficient (Wildman–Crippen LogP) is 1.91. The Kier molecular flexibility index (Phi) is 6.49. The summed E-state index contributed by atoms with van der Waals surface area (Å²) in [5.41, 5.74) is 6.15. The van der Waals surface area contributed by atoms with Gasteiger partial charge in [0.25, 0.3) is 0 Å². The molecule has 21 heavy (non-hydrogen) atoms. The number of nitrogens with two attached hydrogens (primary N) is 1. The second-order valence-corrected chi connectivity index (χ2v) is 5.70. The van der Waals surface area contributed by atoms with Crippen LogP contribution in [0.25, 0.3) is 0 Å². The van der Waals surface area contributed by atoms with E-state index in [1.54, 1.807) is 18.2 Å². The molecule has 0 heterocycles. The van der Waals surface area contributed by atoms with E-state index in [1.807, 2.05) is 13.8 Å². The van der Waals surface area contributed by atoms with E-state index in [1.165, 1.54) is 7.11 Å². The van der Waals surface area contributed by atoms with Crippen molar-refractivity contribution in [3.05, 3.63) is 28.8 Å². The van der Waals surface area contributed by atoms with E-state index in [9.17, 15) is 9.59 Å². The van der Waals surface area contributed by atoms with Crippen LogP contribution >= 0.6 is 11.6 Å². The Morgan fingerprint density at radius 1 is 1.38 bits per heavy atom. The molecule has 0 fully saturated rings. The van der Waals surface area contributed by atoms with Crippen LogP contribution in [0.2, 0.25) is 5.02 Å². The summed E-state index contributed by atoms with van der Waals surface area (Å²) < 4.78 is 5.07. The molecule has 6 heteroatoms. The lowest BCUT2D eigenvalue weighted by molar-refractivity contribution is -0.127. The highest BCUT2D eigenvalue weighted by molar-refractivity contribution is 6.32. The molecule has 1 aromatic carbocycles. The van der Waals surface area contributed by atoms with Crippen molar-refractivity contribution in [2.75, 3.05) is 7.11 Å². The van der Waals surface area contributed by atoms with E-state index in [2.05, 4.69) is 5.32 Å². The van der Waals surface area contributed by atoms with Gasteiger partial charge in [0.2, 0.25) is 11.8 Å². The average Bonchev–Trinajstić information content (AvgIpc) is 2.37. The minimum atomic E-state index is -0.749. The van der Waals surface area contributed by atoms with E-state index >= 15 is 0 Å².